The Morgan fingerprint density at radius 1 is 0.974 bits per heavy atom. The average Bonchev–Trinajstić information content (AvgIpc) is 2.89. The maximum atomic E-state index is 13.7. The van der Waals surface area contributed by atoms with Gasteiger partial charge in [0.05, 0.1) is 12.3 Å². The summed E-state index contributed by atoms with van der Waals surface area (Å²) < 4.78 is 26.9. The fourth-order valence-electron chi connectivity index (χ4n) is 5.06. The molecule has 1 aromatic rings. The van der Waals surface area contributed by atoms with Crippen LogP contribution in [0.25, 0.3) is 0 Å². The van der Waals surface area contributed by atoms with E-state index < -0.39 is 10.0 Å². The molecule has 1 aliphatic rings. The number of carbonyl (C=O) groups excluding carboxylic acids is 2. The van der Waals surface area contributed by atoms with Crippen molar-refractivity contribution in [2.24, 2.45) is 5.92 Å². The Hall–Kier alpha value is -1.93. The molecule has 0 atom stereocenters. The topological polar surface area (TPSA) is 78.0 Å². The Labute approximate surface area is 232 Å². The van der Waals surface area contributed by atoms with Gasteiger partial charge < -0.3 is 9.80 Å². The molecule has 0 N–H and O–H groups in total. The monoisotopic (exact) mass is 549 g/mol. The van der Waals surface area contributed by atoms with E-state index in [9.17, 15) is 18.0 Å². The first-order chi connectivity index (χ1) is 18.1. The van der Waals surface area contributed by atoms with Gasteiger partial charge in [-0.15, -0.1) is 0 Å². The highest BCUT2D eigenvalue weighted by Crippen LogP contribution is 2.22. The second-order valence-corrected chi connectivity index (χ2v) is 13.5. The lowest BCUT2D eigenvalue weighted by Gasteiger charge is -2.39. The molecule has 2 rings (SSSR count). The first kappa shape index (κ1) is 32.3. The van der Waals surface area contributed by atoms with Crippen molar-refractivity contribution < 1.29 is 18.0 Å². The molecule has 0 radical (unpaired) electrons. The molecule has 1 fully saturated rings. The van der Waals surface area contributed by atoms with Crippen molar-refractivity contribution in [2.45, 2.75) is 105 Å². The number of likely N-dealkylation sites (tertiary alicyclic amines) is 1. The number of sulfonamides is 1. The molecule has 38 heavy (non-hydrogen) atoms. The summed E-state index contributed by atoms with van der Waals surface area (Å²) in [6, 6.07) is 8.11. The van der Waals surface area contributed by atoms with Crippen LogP contribution in [-0.2, 0) is 26.2 Å². The Morgan fingerprint density at radius 3 is 2.16 bits per heavy atom. The van der Waals surface area contributed by atoms with Crippen molar-refractivity contribution in [3.05, 3.63) is 35.4 Å². The zero-order chi connectivity index (χ0) is 28.1. The standard InChI is InChI=1S/C30H51N3O4S/c1-6-8-9-10-11-12-13-29(34)31-20-18-28(19-21-31)33(23-27-16-14-26(5)15-17-27)30(35)24-32(22-25(3)4)38(36,37)7-2/h14-17,25,28H,6-13,18-24H2,1-5H3. The zero-order valence-electron chi connectivity index (χ0n) is 24.5. The van der Waals surface area contributed by atoms with Gasteiger partial charge in [0.15, 0.2) is 0 Å². The number of hydrogen-bond acceptors (Lipinski definition) is 4. The van der Waals surface area contributed by atoms with Crippen LogP contribution in [0.15, 0.2) is 24.3 Å². The fourth-order valence-corrected chi connectivity index (χ4v) is 6.26. The normalized spacial score (nSPS) is 14.9. The van der Waals surface area contributed by atoms with Crippen LogP contribution in [0.5, 0.6) is 0 Å². The first-order valence-electron chi connectivity index (χ1n) is 14.7. The van der Waals surface area contributed by atoms with E-state index >= 15 is 0 Å². The smallest absolute Gasteiger partial charge is 0.238 e. The predicted octanol–water partition coefficient (Wildman–Crippen LogP) is 5.37. The lowest BCUT2D eigenvalue weighted by Crippen LogP contribution is -2.51. The number of amides is 2. The first-order valence-corrected chi connectivity index (χ1v) is 16.3. The molecule has 0 spiro atoms. The number of benzene rings is 1. The van der Waals surface area contributed by atoms with E-state index in [0.717, 1.165) is 24.0 Å². The number of nitrogens with zero attached hydrogens (tertiary/aromatic N) is 3. The van der Waals surface area contributed by atoms with Gasteiger partial charge in [-0.2, -0.15) is 4.31 Å². The lowest BCUT2D eigenvalue weighted by atomic mass is 10.0. The summed E-state index contributed by atoms with van der Waals surface area (Å²) >= 11 is 0. The van der Waals surface area contributed by atoms with Gasteiger partial charge in [0.1, 0.15) is 0 Å². The summed E-state index contributed by atoms with van der Waals surface area (Å²) in [5.41, 5.74) is 2.18. The third-order valence-corrected chi connectivity index (χ3v) is 9.23. The van der Waals surface area contributed by atoms with E-state index in [-0.39, 0.29) is 36.1 Å². The maximum absolute atomic E-state index is 13.7. The van der Waals surface area contributed by atoms with Crippen molar-refractivity contribution in [2.75, 3.05) is 31.9 Å². The van der Waals surface area contributed by atoms with E-state index in [1.807, 2.05) is 54.8 Å². The molecule has 0 aliphatic carbocycles. The molecule has 1 saturated heterocycles. The number of carbonyl (C=O) groups is 2. The summed E-state index contributed by atoms with van der Waals surface area (Å²) in [4.78, 5) is 30.3. The van der Waals surface area contributed by atoms with Crippen LogP contribution < -0.4 is 0 Å². The largest absolute Gasteiger partial charge is 0.343 e. The third-order valence-electron chi connectivity index (χ3n) is 7.43. The Morgan fingerprint density at radius 2 is 1.58 bits per heavy atom. The van der Waals surface area contributed by atoms with Crippen LogP contribution >= 0.6 is 0 Å². The number of aryl methyl sites for hydroxylation is 1. The second-order valence-electron chi connectivity index (χ2n) is 11.2. The van der Waals surface area contributed by atoms with Crippen LogP contribution in [0.3, 0.4) is 0 Å². The molecule has 7 nitrogen and oxygen atoms in total. The van der Waals surface area contributed by atoms with Gasteiger partial charge in [0.25, 0.3) is 0 Å². The minimum Gasteiger partial charge on any atom is -0.343 e. The van der Waals surface area contributed by atoms with Gasteiger partial charge in [0, 0.05) is 38.6 Å². The Balaban J connectivity index is 2.06. The minimum atomic E-state index is -3.50. The molecule has 8 heteroatoms. The summed E-state index contributed by atoms with van der Waals surface area (Å²) in [7, 11) is -3.50. The zero-order valence-corrected chi connectivity index (χ0v) is 25.3. The van der Waals surface area contributed by atoms with Crippen molar-refractivity contribution in [3.8, 4) is 0 Å². The average molecular weight is 550 g/mol. The van der Waals surface area contributed by atoms with Gasteiger partial charge >= 0.3 is 0 Å². The fraction of sp³-hybridized carbons (Fsp3) is 0.733. The van der Waals surface area contributed by atoms with Crippen LogP contribution in [0.2, 0.25) is 0 Å². The predicted molar refractivity (Wildman–Crippen MR) is 155 cm³/mol. The second kappa shape index (κ2) is 16.2. The molecule has 0 aromatic heterocycles. The molecular weight excluding hydrogens is 498 g/mol. The quantitative estimate of drug-likeness (QED) is 0.260. The van der Waals surface area contributed by atoms with Gasteiger partial charge in [-0.3, -0.25) is 9.59 Å². The van der Waals surface area contributed by atoms with E-state index in [1.54, 1.807) is 6.92 Å². The van der Waals surface area contributed by atoms with Gasteiger partial charge in [-0.1, -0.05) is 82.7 Å². The summed E-state index contributed by atoms with van der Waals surface area (Å²) in [5, 5.41) is 0. The van der Waals surface area contributed by atoms with Gasteiger partial charge in [0.2, 0.25) is 21.8 Å². The van der Waals surface area contributed by atoms with Crippen LogP contribution in [0.1, 0.15) is 96.6 Å². The molecule has 216 valence electrons. The summed E-state index contributed by atoms with van der Waals surface area (Å²) in [6.07, 6.45) is 9.00. The Bertz CT molecular complexity index is 954. The van der Waals surface area contributed by atoms with Crippen LogP contribution in [-0.4, -0.2) is 72.3 Å². The van der Waals surface area contributed by atoms with E-state index in [4.69, 9.17) is 0 Å². The van der Waals surface area contributed by atoms with Crippen LogP contribution in [0, 0.1) is 12.8 Å². The SMILES string of the molecule is CCCCCCCCC(=O)N1CCC(N(Cc2ccc(C)cc2)C(=O)CN(CC(C)C)S(=O)(=O)CC)CC1. The molecular formula is C30H51N3O4S. The van der Waals surface area contributed by atoms with Crippen molar-refractivity contribution in [1.29, 1.82) is 0 Å². The van der Waals surface area contributed by atoms with E-state index in [2.05, 4.69) is 6.92 Å². The highest BCUT2D eigenvalue weighted by Gasteiger charge is 2.32. The van der Waals surface area contributed by atoms with Gasteiger partial charge in [-0.05, 0) is 44.6 Å². The van der Waals surface area contributed by atoms with Gasteiger partial charge in [-0.25, -0.2) is 8.42 Å². The minimum absolute atomic E-state index is 0.0212. The highest BCUT2D eigenvalue weighted by atomic mass is 32.2. The Kier molecular flexibility index (Phi) is 13.8. The number of piperidine rings is 1. The van der Waals surface area contributed by atoms with E-state index in [1.165, 1.54) is 30.0 Å². The van der Waals surface area contributed by atoms with Crippen molar-refractivity contribution in [3.63, 3.8) is 0 Å². The molecule has 2 amide bonds. The molecule has 0 unspecified atom stereocenters. The summed E-state index contributed by atoms with van der Waals surface area (Å²) in [5.74, 6) is 0.146. The number of hydrogen-bond donors (Lipinski definition) is 0. The molecule has 0 bridgehead atoms. The third kappa shape index (κ3) is 10.7. The number of rotatable bonds is 16. The van der Waals surface area contributed by atoms with Crippen molar-refractivity contribution in [1.82, 2.24) is 14.1 Å². The number of unbranched alkanes of at least 4 members (excludes halogenated alkanes) is 5. The van der Waals surface area contributed by atoms with Crippen molar-refractivity contribution >= 4 is 21.8 Å². The molecule has 0 saturated carbocycles. The van der Waals surface area contributed by atoms with Crippen LogP contribution in [0.4, 0.5) is 0 Å². The highest BCUT2D eigenvalue weighted by molar-refractivity contribution is 7.89. The molecule has 1 aromatic carbocycles. The lowest BCUT2D eigenvalue weighted by molar-refractivity contribution is -0.137. The molecule has 1 aliphatic heterocycles. The maximum Gasteiger partial charge on any atom is 0.238 e. The molecule has 1 heterocycles. The van der Waals surface area contributed by atoms with E-state index in [0.29, 0.717) is 45.4 Å². The summed E-state index contributed by atoms with van der Waals surface area (Å²) in [6.45, 7) is 11.7.